The molecular formula is C20H24N4O3. The van der Waals surface area contributed by atoms with Crippen LogP contribution in [0.25, 0.3) is 0 Å². The molecule has 0 bridgehead atoms. The molecule has 27 heavy (non-hydrogen) atoms. The summed E-state index contributed by atoms with van der Waals surface area (Å²) in [7, 11) is 0. The van der Waals surface area contributed by atoms with E-state index in [0.717, 1.165) is 42.3 Å². The van der Waals surface area contributed by atoms with Gasteiger partial charge in [0.15, 0.2) is 11.5 Å². The Morgan fingerprint density at radius 1 is 1.15 bits per heavy atom. The lowest BCUT2D eigenvalue weighted by molar-refractivity contribution is 0.0708. The molecule has 2 aromatic rings. The number of rotatable bonds is 3. The van der Waals surface area contributed by atoms with Gasteiger partial charge >= 0.3 is 0 Å². The van der Waals surface area contributed by atoms with Crippen molar-refractivity contribution in [1.29, 1.82) is 0 Å². The number of amides is 1. The molecule has 0 unspecified atom stereocenters. The molecule has 0 radical (unpaired) electrons. The number of anilines is 1. The Balaban J connectivity index is 1.44. The zero-order valence-electron chi connectivity index (χ0n) is 15.7. The average Bonchev–Trinajstić information content (AvgIpc) is 2.67. The summed E-state index contributed by atoms with van der Waals surface area (Å²) in [5.74, 6) is 2.14. The number of benzene rings is 1. The average molecular weight is 368 g/mol. The maximum Gasteiger partial charge on any atom is 0.272 e. The van der Waals surface area contributed by atoms with E-state index in [4.69, 9.17) is 9.47 Å². The molecule has 1 atom stereocenters. The molecule has 0 saturated carbocycles. The van der Waals surface area contributed by atoms with Crippen molar-refractivity contribution in [3.8, 4) is 11.5 Å². The molecule has 0 spiro atoms. The molecule has 142 valence electrons. The summed E-state index contributed by atoms with van der Waals surface area (Å²) < 4.78 is 11.2. The van der Waals surface area contributed by atoms with Crippen molar-refractivity contribution in [1.82, 2.24) is 14.9 Å². The van der Waals surface area contributed by atoms with Crippen molar-refractivity contribution in [2.75, 3.05) is 31.6 Å². The van der Waals surface area contributed by atoms with Crippen LogP contribution in [0.3, 0.4) is 0 Å². The molecule has 7 nitrogen and oxygen atoms in total. The fraction of sp³-hybridized carbons (Fsp3) is 0.450. The second-order valence-corrected chi connectivity index (χ2v) is 7.03. The zero-order chi connectivity index (χ0) is 18.8. The van der Waals surface area contributed by atoms with Gasteiger partial charge in [-0.15, -0.1) is 0 Å². The Labute approximate surface area is 158 Å². The number of nitrogens with one attached hydrogen (secondary N) is 1. The maximum atomic E-state index is 12.9. The van der Waals surface area contributed by atoms with Gasteiger partial charge in [0.05, 0.1) is 0 Å². The van der Waals surface area contributed by atoms with Gasteiger partial charge in [-0.05, 0) is 44.9 Å². The van der Waals surface area contributed by atoms with E-state index in [2.05, 4.69) is 15.3 Å². The first-order valence-electron chi connectivity index (χ1n) is 9.36. The predicted molar refractivity (Wildman–Crippen MR) is 101 cm³/mol. The van der Waals surface area contributed by atoms with Gasteiger partial charge in [0.25, 0.3) is 5.91 Å². The summed E-state index contributed by atoms with van der Waals surface area (Å²) in [5.41, 5.74) is 2.26. The predicted octanol–water partition coefficient (Wildman–Crippen LogP) is 2.58. The molecule has 7 heteroatoms. The molecule has 1 aromatic carbocycles. The number of aromatic nitrogens is 2. The van der Waals surface area contributed by atoms with Crippen LogP contribution in [0.1, 0.15) is 34.8 Å². The lowest BCUT2D eigenvalue weighted by Crippen LogP contribution is -2.45. The molecule has 2 aliphatic heterocycles. The highest BCUT2D eigenvalue weighted by Gasteiger charge is 2.26. The van der Waals surface area contributed by atoms with Crippen LogP contribution >= 0.6 is 0 Å². The molecule has 4 rings (SSSR count). The van der Waals surface area contributed by atoms with E-state index in [-0.39, 0.29) is 11.9 Å². The van der Waals surface area contributed by atoms with E-state index in [9.17, 15) is 4.79 Å². The molecule has 1 aromatic heterocycles. The summed E-state index contributed by atoms with van der Waals surface area (Å²) in [6.45, 7) is 6.25. The third-order valence-corrected chi connectivity index (χ3v) is 4.81. The van der Waals surface area contributed by atoms with Crippen LogP contribution in [0.4, 0.5) is 5.69 Å². The number of hydrogen-bond donors (Lipinski definition) is 1. The highest BCUT2D eigenvalue weighted by atomic mass is 16.6. The number of aryl methyl sites for hydroxylation is 2. The van der Waals surface area contributed by atoms with Crippen molar-refractivity contribution in [3.05, 3.63) is 41.5 Å². The Morgan fingerprint density at radius 2 is 1.96 bits per heavy atom. The topological polar surface area (TPSA) is 76.6 Å². The van der Waals surface area contributed by atoms with E-state index in [1.54, 1.807) is 6.07 Å². The molecular weight excluding hydrogens is 344 g/mol. The number of carbonyl (C=O) groups excluding carboxylic acids is 1. The molecule has 1 fully saturated rings. The monoisotopic (exact) mass is 368 g/mol. The second-order valence-electron chi connectivity index (χ2n) is 7.03. The van der Waals surface area contributed by atoms with Crippen LogP contribution in [0.2, 0.25) is 0 Å². The van der Waals surface area contributed by atoms with E-state index in [1.165, 1.54) is 0 Å². The Morgan fingerprint density at radius 3 is 2.78 bits per heavy atom. The fourth-order valence-electron chi connectivity index (χ4n) is 3.64. The van der Waals surface area contributed by atoms with Gasteiger partial charge < -0.3 is 19.7 Å². The Bertz CT molecular complexity index is 835. The first kappa shape index (κ1) is 17.6. The van der Waals surface area contributed by atoms with E-state index >= 15 is 0 Å². The normalized spacial score (nSPS) is 18.9. The van der Waals surface area contributed by atoms with Gasteiger partial charge in [0, 0.05) is 36.6 Å². The van der Waals surface area contributed by atoms with Crippen molar-refractivity contribution in [3.63, 3.8) is 0 Å². The van der Waals surface area contributed by atoms with E-state index < -0.39 is 0 Å². The molecule has 3 heterocycles. The zero-order valence-corrected chi connectivity index (χ0v) is 15.7. The Kier molecular flexibility index (Phi) is 4.83. The quantitative estimate of drug-likeness (QED) is 0.897. The summed E-state index contributed by atoms with van der Waals surface area (Å²) >= 11 is 0. The largest absolute Gasteiger partial charge is 0.486 e. The number of nitrogens with zero attached hydrogens (tertiary/aromatic N) is 3. The highest BCUT2D eigenvalue weighted by Crippen LogP contribution is 2.33. The minimum Gasteiger partial charge on any atom is -0.486 e. The summed E-state index contributed by atoms with van der Waals surface area (Å²) in [6.07, 6.45) is 1.97. The standard InChI is InChI=1S/C20H24N4O3/c1-13-10-17(22-14(2)21-13)20(25)24-7-3-4-16(12-24)23-15-5-6-18-19(11-15)27-9-8-26-18/h5-6,10-11,16,23H,3-4,7-9,12H2,1-2H3/t16-/m1/s1. The molecule has 0 aliphatic carbocycles. The van der Waals surface area contributed by atoms with Crippen molar-refractivity contribution in [2.45, 2.75) is 32.7 Å². The van der Waals surface area contributed by atoms with Crippen LogP contribution in [0.15, 0.2) is 24.3 Å². The second kappa shape index (κ2) is 7.42. The van der Waals surface area contributed by atoms with Crippen LogP contribution in [0, 0.1) is 13.8 Å². The van der Waals surface area contributed by atoms with Gasteiger partial charge in [0.2, 0.25) is 0 Å². The minimum absolute atomic E-state index is 0.0303. The highest BCUT2D eigenvalue weighted by molar-refractivity contribution is 5.92. The SMILES string of the molecule is Cc1cc(C(=O)N2CCC[C@@H](Nc3ccc4c(c3)OCCO4)C2)nc(C)n1. The van der Waals surface area contributed by atoms with Crippen molar-refractivity contribution < 1.29 is 14.3 Å². The Hall–Kier alpha value is -2.83. The maximum absolute atomic E-state index is 12.9. The smallest absolute Gasteiger partial charge is 0.272 e. The number of carbonyl (C=O) groups is 1. The number of hydrogen-bond acceptors (Lipinski definition) is 6. The van der Waals surface area contributed by atoms with E-state index in [1.807, 2.05) is 36.9 Å². The van der Waals surface area contributed by atoms with Crippen LogP contribution in [-0.2, 0) is 0 Å². The number of fused-ring (bicyclic) bond motifs is 1. The van der Waals surface area contributed by atoms with E-state index in [0.29, 0.717) is 31.3 Å². The third-order valence-electron chi connectivity index (χ3n) is 4.81. The van der Waals surface area contributed by atoms with Gasteiger partial charge in [-0.1, -0.05) is 0 Å². The third kappa shape index (κ3) is 3.97. The van der Waals surface area contributed by atoms with Crippen molar-refractivity contribution >= 4 is 11.6 Å². The van der Waals surface area contributed by atoms with Crippen LogP contribution in [-0.4, -0.2) is 53.1 Å². The fourth-order valence-corrected chi connectivity index (χ4v) is 3.64. The van der Waals surface area contributed by atoms with Gasteiger partial charge in [-0.3, -0.25) is 4.79 Å². The first-order valence-corrected chi connectivity index (χ1v) is 9.36. The summed E-state index contributed by atoms with van der Waals surface area (Å²) in [4.78, 5) is 23.3. The van der Waals surface area contributed by atoms with Crippen LogP contribution < -0.4 is 14.8 Å². The minimum atomic E-state index is -0.0303. The summed E-state index contributed by atoms with van der Waals surface area (Å²) in [5, 5.41) is 3.53. The lowest BCUT2D eigenvalue weighted by Gasteiger charge is -2.33. The van der Waals surface area contributed by atoms with Crippen molar-refractivity contribution in [2.24, 2.45) is 0 Å². The van der Waals surface area contributed by atoms with Crippen LogP contribution in [0.5, 0.6) is 11.5 Å². The molecule has 1 amide bonds. The molecule has 1 saturated heterocycles. The van der Waals surface area contributed by atoms with Gasteiger partial charge in [-0.25, -0.2) is 9.97 Å². The van der Waals surface area contributed by atoms with Gasteiger partial charge in [0.1, 0.15) is 24.7 Å². The number of ether oxygens (including phenoxy) is 2. The number of likely N-dealkylation sites (tertiary alicyclic amines) is 1. The lowest BCUT2D eigenvalue weighted by atomic mass is 10.0. The number of piperidine rings is 1. The first-order chi connectivity index (χ1) is 13.1. The summed E-state index contributed by atoms with van der Waals surface area (Å²) in [6, 6.07) is 7.83. The molecule has 1 N–H and O–H groups in total. The van der Waals surface area contributed by atoms with Gasteiger partial charge in [-0.2, -0.15) is 0 Å². The molecule has 2 aliphatic rings.